The van der Waals surface area contributed by atoms with Crippen molar-refractivity contribution in [1.82, 2.24) is 15.3 Å². The van der Waals surface area contributed by atoms with Crippen molar-refractivity contribution in [3.8, 4) is 0 Å². The number of fused-ring (bicyclic) bond motifs is 2. The Hall–Kier alpha value is -3.01. The summed E-state index contributed by atoms with van der Waals surface area (Å²) in [5, 5.41) is 4.92. The van der Waals surface area contributed by atoms with Gasteiger partial charge in [-0.3, -0.25) is 4.99 Å². The summed E-state index contributed by atoms with van der Waals surface area (Å²) in [6.45, 7) is 7.38. The second-order valence-corrected chi connectivity index (χ2v) is 8.15. The highest BCUT2D eigenvalue weighted by atomic mass is 14.9. The number of aromatic nitrogens is 2. The number of dihydropyridines is 1. The number of benzene rings is 1. The molecule has 0 saturated carbocycles. The summed E-state index contributed by atoms with van der Waals surface area (Å²) < 4.78 is 0. The van der Waals surface area contributed by atoms with Crippen molar-refractivity contribution in [3.05, 3.63) is 83.1 Å². The van der Waals surface area contributed by atoms with Crippen LogP contribution < -0.4 is 5.32 Å². The highest BCUT2D eigenvalue weighted by Crippen LogP contribution is 2.29. The fourth-order valence-corrected chi connectivity index (χ4v) is 4.05. The van der Waals surface area contributed by atoms with Gasteiger partial charge in [-0.1, -0.05) is 48.9 Å². The predicted molar refractivity (Wildman–Crippen MR) is 125 cm³/mol. The average Bonchev–Trinajstić information content (AvgIpc) is 2.95. The molecule has 30 heavy (non-hydrogen) atoms. The molecule has 4 rings (SSSR count). The number of allylic oxidation sites excluding steroid dienone is 7. The van der Waals surface area contributed by atoms with E-state index in [2.05, 4.69) is 61.4 Å². The zero-order chi connectivity index (χ0) is 20.9. The van der Waals surface area contributed by atoms with Crippen LogP contribution in [0.1, 0.15) is 45.9 Å². The molecular weight excluding hydrogens is 368 g/mol. The van der Waals surface area contributed by atoms with Gasteiger partial charge in [0.15, 0.2) is 0 Å². The van der Waals surface area contributed by atoms with Crippen molar-refractivity contribution < 1.29 is 0 Å². The first kappa shape index (κ1) is 20.3. The van der Waals surface area contributed by atoms with E-state index in [0.29, 0.717) is 5.92 Å². The maximum Gasteiger partial charge on any atom is 0.129 e. The molecular formula is C26H30N4. The molecule has 1 N–H and O–H groups in total. The van der Waals surface area contributed by atoms with Gasteiger partial charge in [0.25, 0.3) is 0 Å². The SMILES string of the molecule is CCC1CC=CC2=NCC=CC2=C1NC(CCc1ncc2ccccc2n1)=C(C)C. The summed E-state index contributed by atoms with van der Waals surface area (Å²) in [7, 11) is 0. The van der Waals surface area contributed by atoms with Gasteiger partial charge in [-0.05, 0) is 45.3 Å². The molecule has 1 aliphatic carbocycles. The van der Waals surface area contributed by atoms with Gasteiger partial charge < -0.3 is 5.32 Å². The van der Waals surface area contributed by atoms with Crippen molar-refractivity contribution >= 4 is 16.6 Å². The van der Waals surface area contributed by atoms with E-state index < -0.39 is 0 Å². The fraction of sp³-hybridized carbons (Fsp3) is 0.346. The highest BCUT2D eigenvalue weighted by Gasteiger charge is 2.22. The van der Waals surface area contributed by atoms with Crippen LogP contribution in [0.2, 0.25) is 0 Å². The van der Waals surface area contributed by atoms with Crippen LogP contribution in [-0.4, -0.2) is 22.2 Å². The van der Waals surface area contributed by atoms with Gasteiger partial charge in [0.05, 0.1) is 17.8 Å². The van der Waals surface area contributed by atoms with Crippen molar-refractivity contribution in [3.63, 3.8) is 0 Å². The number of aryl methyl sites for hydroxylation is 1. The predicted octanol–water partition coefficient (Wildman–Crippen LogP) is 5.70. The topological polar surface area (TPSA) is 50.2 Å². The number of nitrogens with zero attached hydrogens (tertiary/aromatic N) is 3. The third-order valence-corrected chi connectivity index (χ3v) is 5.84. The van der Waals surface area contributed by atoms with E-state index in [1.165, 1.54) is 22.5 Å². The zero-order valence-corrected chi connectivity index (χ0v) is 18.2. The Kier molecular flexibility index (Phi) is 6.22. The van der Waals surface area contributed by atoms with Gasteiger partial charge in [-0.25, -0.2) is 9.97 Å². The van der Waals surface area contributed by atoms with Crippen LogP contribution in [0.25, 0.3) is 10.9 Å². The molecule has 154 valence electrons. The Labute approximate surface area is 179 Å². The lowest BCUT2D eigenvalue weighted by atomic mass is 9.93. The van der Waals surface area contributed by atoms with Crippen LogP contribution in [0.3, 0.4) is 0 Å². The minimum atomic E-state index is 0.470. The number of para-hydroxylation sites is 1. The molecule has 0 radical (unpaired) electrons. The summed E-state index contributed by atoms with van der Waals surface area (Å²) in [6.07, 6.45) is 14.6. The monoisotopic (exact) mass is 398 g/mol. The lowest BCUT2D eigenvalue weighted by Crippen LogP contribution is -2.24. The lowest BCUT2D eigenvalue weighted by molar-refractivity contribution is 0.559. The summed E-state index contributed by atoms with van der Waals surface area (Å²) in [6, 6.07) is 8.15. The van der Waals surface area contributed by atoms with E-state index in [0.717, 1.165) is 54.7 Å². The average molecular weight is 399 g/mol. The molecule has 2 heterocycles. The highest BCUT2D eigenvalue weighted by molar-refractivity contribution is 6.11. The van der Waals surface area contributed by atoms with Crippen molar-refractivity contribution in [2.24, 2.45) is 10.9 Å². The first-order valence-electron chi connectivity index (χ1n) is 10.9. The first-order chi connectivity index (χ1) is 14.7. The quantitative estimate of drug-likeness (QED) is 0.679. The van der Waals surface area contributed by atoms with Crippen molar-refractivity contribution in [2.45, 2.75) is 46.5 Å². The normalized spacial score (nSPS) is 18.1. The molecule has 0 amide bonds. The first-order valence-corrected chi connectivity index (χ1v) is 10.9. The van der Waals surface area contributed by atoms with Crippen LogP contribution in [0, 0.1) is 5.92 Å². The molecule has 0 spiro atoms. The minimum absolute atomic E-state index is 0.470. The largest absolute Gasteiger partial charge is 0.362 e. The van der Waals surface area contributed by atoms with Gasteiger partial charge in [-0.15, -0.1) is 0 Å². The van der Waals surface area contributed by atoms with Crippen LogP contribution in [-0.2, 0) is 6.42 Å². The number of rotatable bonds is 6. The van der Waals surface area contributed by atoms with Crippen LogP contribution >= 0.6 is 0 Å². The van der Waals surface area contributed by atoms with Crippen molar-refractivity contribution in [1.29, 1.82) is 0 Å². The third-order valence-electron chi connectivity index (χ3n) is 5.84. The molecule has 4 heteroatoms. The summed E-state index contributed by atoms with van der Waals surface area (Å²) >= 11 is 0. The van der Waals surface area contributed by atoms with E-state index in [1.807, 2.05) is 24.4 Å². The Bertz CT molecular complexity index is 1080. The van der Waals surface area contributed by atoms with Gasteiger partial charge in [0, 0.05) is 40.9 Å². The lowest BCUT2D eigenvalue weighted by Gasteiger charge is -2.24. The molecule has 4 nitrogen and oxygen atoms in total. The molecule has 0 saturated heterocycles. The third kappa shape index (κ3) is 4.43. The van der Waals surface area contributed by atoms with Gasteiger partial charge >= 0.3 is 0 Å². The van der Waals surface area contributed by atoms with Gasteiger partial charge in [0.1, 0.15) is 5.82 Å². The zero-order valence-electron chi connectivity index (χ0n) is 18.2. The van der Waals surface area contributed by atoms with Crippen LogP contribution in [0.4, 0.5) is 0 Å². The number of nitrogens with one attached hydrogen (secondary N) is 1. The number of hydrogen-bond acceptors (Lipinski definition) is 4. The molecule has 2 aromatic rings. The molecule has 0 bridgehead atoms. The Morgan fingerprint density at radius 2 is 2.00 bits per heavy atom. The maximum atomic E-state index is 4.75. The van der Waals surface area contributed by atoms with E-state index in [-0.39, 0.29) is 0 Å². The van der Waals surface area contributed by atoms with E-state index in [1.54, 1.807) is 0 Å². The summed E-state index contributed by atoms with van der Waals surface area (Å²) in [5.74, 6) is 1.36. The van der Waals surface area contributed by atoms with E-state index in [4.69, 9.17) is 9.98 Å². The van der Waals surface area contributed by atoms with Crippen LogP contribution in [0.5, 0.6) is 0 Å². The van der Waals surface area contributed by atoms with Crippen molar-refractivity contribution in [2.75, 3.05) is 6.54 Å². The summed E-state index contributed by atoms with van der Waals surface area (Å²) in [5.41, 5.74) is 7.20. The molecule has 1 atom stereocenters. The summed E-state index contributed by atoms with van der Waals surface area (Å²) in [4.78, 5) is 14.0. The second-order valence-electron chi connectivity index (χ2n) is 8.15. The smallest absolute Gasteiger partial charge is 0.129 e. The fourth-order valence-electron chi connectivity index (χ4n) is 4.05. The Balaban J connectivity index is 1.57. The van der Waals surface area contributed by atoms with Crippen LogP contribution in [0.15, 0.2) is 82.3 Å². The maximum absolute atomic E-state index is 4.75. The number of hydrogen-bond donors (Lipinski definition) is 1. The number of aliphatic imine (C=N–C) groups is 1. The molecule has 1 unspecified atom stereocenters. The molecule has 2 aliphatic rings. The second kappa shape index (κ2) is 9.21. The van der Waals surface area contributed by atoms with E-state index in [9.17, 15) is 0 Å². The Morgan fingerprint density at radius 1 is 1.13 bits per heavy atom. The van der Waals surface area contributed by atoms with E-state index >= 15 is 0 Å². The molecule has 1 aromatic heterocycles. The molecule has 1 aromatic carbocycles. The molecule has 1 aliphatic heterocycles. The minimum Gasteiger partial charge on any atom is -0.362 e. The molecule has 0 fully saturated rings. The van der Waals surface area contributed by atoms with Gasteiger partial charge in [0.2, 0.25) is 0 Å². The Morgan fingerprint density at radius 3 is 2.83 bits per heavy atom. The van der Waals surface area contributed by atoms with Gasteiger partial charge in [-0.2, -0.15) is 0 Å². The standard InChI is InChI=1S/C26H30N4/c1-4-19-10-7-13-24-21(11-8-16-27-24)26(19)30-22(18(2)3)14-15-25-28-17-20-9-5-6-12-23(20)29-25/h5-9,11-13,17,19,30H,4,10,14-16H2,1-3H3.